The van der Waals surface area contributed by atoms with Gasteiger partial charge in [-0.05, 0) is 48.0 Å². The van der Waals surface area contributed by atoms with Crippen LogP contribution in [0.5, 0.6) is 0 Å². The van der Waals surface area contributed by atoms with E-state index in [1.165, 1.54) is 50.4 Å². The second-order valence-corrected chi connectivity index (χ2v) is 9.98. The van der Waals surface area contributed by atoms with Crippen LogP contribution >= 0.6 is 0 Å². The molecule has 184 valence electrons. The number of hydrogen-bond acceptors (Lipinski definition) is 7. The number of ketones is 2. The van der Waals surface area contributed by atoms with Crippen LogP contribution in [-0.4, -0.2) is 42.3 Å². The van der Waals surface area contributed by atoms with E-state index in [0.29, 0.717) is 16.9 Å². The number of rotatable bonds is 6. The summed E-state index contributed by atoms with van der Waals surface area (Å²) in [4.78, 5) is 48.7. The van der Waals surface area contributed by atoms with E-state index in [9.17, 15) is 27.6 Å². The van der Waals surface area contributed by atoms with Gasteiger partial charge in [0.2, 0.25) is 23.4 Å². The molecular weight excluding hydrogens is 484 g/mol. The molecule has 11 heteroatoms. The first-order valence-electron chi connectivity index (χ1n) is 10.8. The fraction of sp³-hybridized carbons (Fsp3) is 0.120. The molecule has 0 unspecified atom stereocenters. The van der Waals surface area contributed by atoms with Crippen molar-refractivity contribution < 1.29 is 27.6 Å². The lowest BCUT2D eigenvalue weighted by molar-refractivity contribution is -0.119. The average Bonchev–Trinajstić information content (AvgIpc) is 3.21. The van der Waals surface area contributed by atoms with Crippen molar-refractivity contribution in [3.05, 3.63) is 71.6 Å². The first-order valence-corrected chi connectivity index (χ1v) is 12.2. The highest BCUT2D eigenvalue weighted by Crippen LogP contribution is 2.36. The van der Waals surface area contributed by atoms with Gasteiger partial charge in [0, 0.05) is 49.1 Å². The maximum absolute atomic E-state index is 13.6. The number of carbonyl (C=O) groups is 4. The summed E-state index contributed by atoms with van der Waals surface area (Å²) < 4.78 is 28.1. The SMILES string of the molecule is CC(=O)NCC1=Cc2c(c(-c3ccc(NC(C)=O)cc3)cn2S(=O)(=O)c2ccc(N)cc2)C(=O)C1=O. The Morgan fingerprint density at radius 3 is 2.14 bits per heavy atom. The number of nitrogens with one attached hydrogen (secondary N) is 2. The third-order valence-corrected chi connectivity index (χ3v) is 7.21. The minimum Gasteiger partial charge on any atom is -0.399 e. The summed E-state index contributed by atoms with van der Waals surface area (Å²) in [5.74, 6) is -2.40. The van der Waals surface area contributed by atoms with Crippen molar-refractivity contribution in [2.45, 2.75) is 18.7 Å². The third kappa shape index (κ3) is 4.56. The maximum atomic E-state index is 13.6. The van der Waals surface area contributed by atoms with E-state index < -0.39 is 27.5 Å². The summed E-state index contributed by atoms with van der Waals surface area (Å²) in [5.41, 5.74) is 7.16. The fourth-order valence-electron chi connectivity index (χ4n) is 3.82. The van der Waals surface area contributed by atoms with Crippen LogP contribution in [0.3, 0.4) is 0 Å². The summed E-state index contributed by atoms with van der Waals surface area (Å²) in [6, 6.07) is 12.0. The molecular formula is C25H22N4O6S. The molecule has 0 fully saturated rings. The van der Waals surface area contributed by atoms with Gasteiger partial charge in [-0.15, -0.1) is 0 Å². The van der Waals surface area contributed by atoms with Crippen molar-refractivity contribution in [3.8, 4) is 11.1 Å². The Morgan fingerprint density at radius 2 is 1.56 bits per heavy atom. The van der Waals surface area contributed by atoms with Crippen LogP contribution in [0.2, 0.25) is 0 Å². The van der Waals surface area contributed by atoms with Gasteiger partial charge in [0.05, 0.1) is 16.2 Å². The lowest BCUT2D eigenvalue weighted by Crippen LogP contribution is -2.31. The minimum absolute atomic E-state index is 0.00212. The number of benzene rings is 2. The van der Waals surface area contributed by atoms with Crippen LogP contribution in [0.4, 0.5) is 11.4 Å². The molecule has 0 aliphatic heterocycles. The Bertz CT molecular complexity index is 1550. The standard InChI is InChI=1S/C25H22N4O6S/c1-14(30)27-12-17-11-22-23(25(33)24(17)32)21(16-3-7-19(8-4-16)28-15(2)31)13-29(22)36(34,35)20-9-5-18(26)6-10-20/h3-11,13H,12,26H2,1-2H3,(H,27,30)(H,28,31). The summed E-state index contributed by atoms with van der Waals surface area (Å²) >= 11 is 0. The first-order chi connectivity index (χ1) is 17.0. The molecule has 4 rings (SSSR count). The molecule has 2 amide bonds. The third-order valence-electron chi connectivity index (χ3n) is 5.53. The number of nitrogens with two attached hydrogens (primary N) is 1. The van der Waals surface area contributed by atoms with Gasteiger partial charge in [-0.2, -0.15) is 0 Å². The molecule has 1 heterocycles. The smallest absolute Gasteiger partial charge is 0.268 e. The van der Waals surface area contributed by atoms with Gasteiger partial charge in [0.1, 0.15) is 0 Å². The maximum Gasteiger partial charge on any atom is 0.268 e. The zero-order chi connectivity index (χ0) is 26.2. The van der Waals surface area contributed by atoms with Crippen LogP contribution in [-0.2, 0) is 24.4 Å². The van der Waals surface area contributed by atoms with Crippen molar-refractivity contribution >= 4 is 50.9 Å². The number of nitrogens with zero attached hydrogens (tertiary/aromatic N) is 1. The largest absolute Gasteiger partial charge is 0.399 e. The number of fused-ring (bicyclic) bond motifs is 1. The molecule has 0 spiro atoms. The van der Waals surface area contributed by atoms with Crippen LogP contribution < -0.4 is 16.4 Å². The van der Waals surface area contributed by atoms with Crippen molar-refractivity contribution in [2.75, 3.05) is 17.6 Å². The number of aromatic nitrogens is 1. The number of hydrogen-bond donors (Lipinski definition) is 3. The molecule has 0 radical (unpaired) electrons. The zero-order valence-corrected chi connectivity index (χ0v) is 20.2. The van der Waals surface area contributed by atoms with E-state index in [2.05, 4.69) is 10.6 Å². The summed E-state index contributed by atoms with van der Waals surface area (Å²) in [6.07, 6.45) is 2.59. The van der Waals surface area contributed by atoms with Crippen molar-refractivity contribution in [1.29, 1.82) is 0 Å². The second-order valence-electron chi connectivity index (χ2n) is 8.17. The molecule has 4 N–H and O–H groups in total. The molecule has 1 aliphatic carbocycles. The monoisotopic (exact) mass is 506 g/mol. The minimum atomic E-state index is -4.20. The number of Topliss-reactive ketones (excluding diaryl/α,β-unsaturated/α-hetero) is 2. The molecule has 1 aliphatic rings. The molecule has 3 aromatic rings. The molecule has 0 saturated carbocycles. The first kappa shape index (κ1) is 24.6. The van der Waals surface area contributed by atoms with Gasteiger partial charge in [-0.25, -0.2) is 12.4 Å². The Kier molecular flexibility index (Phi) is 6.34. The molecule has 0 saturated heterocycles. The van der Waals surface area contributed by atoms with Gasteiger partial charge in [-0.1, -0.05) is 12.1 Å². The predicted molar refractivity (Wildman–Crippen MR) is 134 cm³/mol. The summed E-state index contributed by atoms with van der Waals surface area (Å²) in [6.45, 7) is 2.40. The van der Waals surface area contributed by atoms with E-state index in [-0.39, 0.29) is 39.7 Å². The fourth-order valence-corrected chi connectivity index (χ4v) is 5.18. The molecule has 0 atom stereocenters. The quantitative estimate of drug-likeness (QED) is 0.342. The van der Waals surface area contributed by atoms with Crippen LogP contribution in [0, 0.1) is 0 Å². The highest BCUT2D eigenvalue weighted by atomic mass is 32.2. The summed E-state index contributed by atoms with van der Waals surface area (Å²) in [5, 5.41) is 5.10. The number of carbonyl (C=O) groups excluding carboxylic acids is 4. The van der Waals surface area contributed by atoms with E-state index in [1.54, 1.807) is 24.3 Å². The summed E-state index contributed by atoms with van der Waals surface area (Å²) in [7, 11) is -4.20. The van der Waals surface area contributed by atoms with Crippen molar-refractivity contribution in [2.24, 2.45) is 0 Å². The van der Waals surface area contributed by atoms with Crippen molar-refractivity contribution in [3.63, 3.8) is 0 Å². The highest BCUT2D eigenvalue weighted by molar-refractivity contribution is 7.90. The van der Waals surface area contributed by atoms with Gasteiger partial charge in [-0.3, -0.25) is 19.2 Å². The van der Waals surface area contributed by atoms with E-state index in [4.69, 9.17) is 5.73 Å². The van der Waals surface area contributed by atoms with Gasteiger partial charge < -0.3 is 16.4 Å². The topological polar surface area (TPSA) is 157 Å². The van der Waals surface area contributed by atoms with E-state index >= 15 is 0 Å². The Hall–Kier alpha value is -4.51. The van der Waals surface area contributed by atoms with Gasteiger partial charge in [0.15, 0.2) is 0 Å². The van der Waals surface area contributed by atoms with Gasteiger partial charge >= 0.3 is 0 Å². The average molecular weight is 507 g/mol. The Balaban J connectivity index is 1.93. The van der Waals surface area contributed by atoms with Crippen LogP contribution in [0.15, 0.2) is 65.2 Å². The van der Waals surface area contributed by atoms with E-state index in [1.807, 2.05) is 0 Å². The zero-order valence-electron chi connectivity index (χ0n) is 19.4. The molecule has 10 nitrogen and oxygen atoms in total. The second kappa shape index (κ2) is 9.27. The van der Waals surface area contributed by atoms with E-state index in [0.717, 1.165) is 3.97 Å². The lowest BCUT2D eigenvalue weighted by atomic mass is 9.90. The van der Waals surface area contributed by atoms with Crippen molar-refractivity contribution in [1.82, 2.24) is 9.29 Å². The molecule has 1 aromatic heterocycles. The van der Waals surface area contributed by atoms with Crippen LogP contribution in [0.1, 0.15) is 29.9 Å². The number of nitrogen functional groups attached to an aromatic ring is 1. The normalized spacial score (nSPS) is 13.1. The molecule has 36 heavy (non-hydrogen) atoms. The Labute approximate surface area is 206 Å². The number of amides is 2. The molecule has 0 bridgehead atoms. The van der Waals surface area contributed by atoms with Gasteiger partial charge in [0.25, 0.3) is 10.0 Å². The van der Waals surface area contributed by atoms with Crippen LogP contribution in [0.25, 0.3) is 17.2 Å². The highest BCUT2D eigenvalue weighted by Gasteiger charge is 2.36. The molecule has 2 aromatic carbocycles. The lowest BCUT2D eigenvalue weighted by Gasteiger charge is -2.16. The Morgan fingerprint density at radius 1 is 0.917 bits per heavy atom. The predicted octanol–water partition coefficient (Wildman–Crippen LogP) is 2.22. The number of anilines is 2.